The number of benzene rings is 1. The summed E-state index contributed by atoms with van der Waals surface area (Å²) < 4.78 is 14.2. The fraction of sp³-hybridized carbons (Fsp3) is 0.588. The van der Waals surface area contributed by atoms with Crippen LogP contribution in [0.1, 0.15) is 31.2 Å². The van der Waals surface area contributed by atoms with E-state index in [4.69, 9.17) is 0 Å². The van der Waals surface area contributed by atoms with Crippen LogP contribution in [0.2, 0.25) is 0 Å². The smallest absolute Gasteiger partial charge is 0.235 e. The van der Waals surface area contributed by atoms with Crippen molar-refractivity contribution in [1.29, 1.82) is 0 Å². The highest BCUT2D eigenvalue weighted by molar-refractivity contribution is 14.1. The maximum Gasteiger partial charge on any atom is 0.235 e. The molecule has 4 aliphatic rings. The van der Waals surface area contributed by atoms with Gasteiger partial charge in [-0.1, -0.05) is 22.6 Å². The molecule has 1 amide bonds. The molecule has 2 saturated carbocycles. The van der Waals surface area contributed by atoms with Crippen molar-refractivity contribution in [1.82, 2.24) is 10.9 Å². The Morgan fingerprint density at radius 1 is 1.26 bits per heavy atom. The van der Waals surface area contributed by atoms with E-state index in [1.807, 2.05) is 0 Å². The molecule has 6 atom stereocenters. The lowest BCUT2D eigenvalue weighted by atomic mass is 9.75. The summed E-state index contributed by atoms with van der Waals surface area (Å²) in [6.45, 7) is 0. The molecule has 4 nitrogen and oxygen atoms in total. The summed E-state index contributed by atoms with van der Waals surface area (Å²) >= 11 is 2.47. The van der Waals surface area contributed by atoms with Crippen LogP contribution >= 0.6 is 22.6 Å². The maximum absolute atomic E-state index is 13.7. The highest BCUT2D eigenvalue weighted by atomic mass is 127. The minimum absolute atomic E-state index is 0.0782. The fourth-order valence-corrected chi connectivity index (χ4v) is 6.22. The number of anilines is 1. The van der Waals surface area contributed by atoms with Gasteiger partial charge in [-0.05, 0) is 61.3 Å². The first kappa shape index (κ1) is 14.6. The van der Waals surface area contributed by atoms with Crippen molar-refractivity contribution < 1.29 is 9.18 Å². The van der Waals surface area contributed by atoms with Gasteiger partial charge in [0.15, 0.2) is 0 Å². The molecule has 3 N–H and O–H groups in total. The van der Waals surface area contributed by atoms with Crippen LogP contribution in [0, 0.1) is 23.6 Å². The number of amides is 1. The van der Waals surface area contributed by atoms with Crippen molar-refractivity contribution >= 4 is 34.2 Å². The average molecular weight is 427 g/mol. The number of hydrogen-bond acceptors (Lipinski definition) is 3. The summed E-state index contributed by atoms with van der Waals surface area (Å²) in [5, 5.41) is 2.97. The largest absolute Gasteiger partial charge is 0.325 e. The lowest BCUT2D eigenvalue weighted by Gasteiger charge is -2.32. The van der Waals surface area contributed by atoms with E-state index in [-0.39, 0.29) is 11.7 Å². The average Bonchev–Trinajstić information content (AvgIpc) is 3.12. The molecule has 122 valence electrons. The number of hydrogen-bond donors (Lipinski definition) is 3. The Bertz CT molecular complexity index is 698. The fourth-order valence-electron chi connectivity index (χ4n) is 5.18. The third-order valence-corrected chi connectivity index (χ3v) is 7.66. The molecule has 1 aromatic carbocycles. The molecule has 2 aliphatic heterocycles. The Kier molecular flexibility index (Phi) is 3.10. The zero-order valence-corrected chi connectivity index (χ0v) is 14.8. The lowest BCUT2D eigenvalue weighted by Crippen LogP contribution is -2.37. The Labute approximate surface area is 148 Å². The van der Waals surface area contributed by atoms with Crippen LogP contribution in [0.5, 0.6) is 0 Å². The van der Waals surface area contributed by atoms with Crippen LogP contribution in [-0.2, 0) is 10.2 Å². The highest BCUT2D eigenvalue weighted by Gasteiger charge is 2.67. The van der Waals surface area contributed by atoms with Gasteiger partial charge in [0, 0.05) is 17.6 Å². The van der Waals surface area contributed by atoms with E-state index in [0.717, 1.165) is 24.1 Å². The number of alkyl halides is 1. The number of halogens is 2. The van der Waals surface area contributed by atoms with Crippen LogP contribution in [0.3, 0.4) is 0 Å². The van der Waals surface area contributed by atoms with Gasteiger partial charge in [0.1, 0.15) is 5.82 Å². The third-order valence-electron chi connectivity index (χ3n) is 6.43. The molecule has 5 unspecified atom stereocenters. The van der Waals surface area contributed by atoms with Crippen LogP contribution in [0.25, 0.3) is 0 Å². The molecule has 2 aliphatic carbocycles. The normalized spacial score (nSPS) is 44.1. The molecule has 1 saturated heterocycles. The van der Waals surface area contributed by atoms with Crippen molar-refractivity contribution in [3.63, 3.8) is 0 Å². The molecule has 1 spiro atoms. The number of carbonyl (C=O) groups excluding carboxylic acids is 1. The minimum atomic E-state index is -0.454. The summed E-state index contributed by atoms with van der Waals surface area (Å²) in [7, 11) is 0. The zero-order chi connectivity index (χ0) is 15.8. The number of carbonyl (C=O) groups is 1. The van der Waals surface area contributed by atoms with E-state index < -0.39 is 5.41 Å². The van der Waals surface area contributed by atoms with Gasteiger partial charge >= 0.3 is 0 Å². The van der Waals surface area contributed by atoms with Gasteiger partial charge in [0.2, 0.25) is 5.91 Å². The van der Waals surface area contributed by atoms with E-state index >= 15 is 0 Å². The Morgan fingerprint density at radius 3 is 3.00 bits per heavy atom. The monoisotopic (exact) mass is 427 g/mol. The van der Waals surface area contributed by atoms with Crippen LogP contribution < -0.4 is 16.2 Å². The number of fused-ring (bicyclic) bond motifs is 3. The quantitative estimate of drug-likeness (QED) is 0.367. The Balaban J connectivity index is 1.41. The van der Waals surface area contributed by atoms with Gasteiger partial charge in [-0.25, -0.2) is 9.82 Å². The van der Waals surface area contributed by atoms with E-state index in [1.165, 1.54) is 18.9 Å². The first-order chi connectivity index (χ1) is 11.1. The van der Waals surface area contributed by atoms with Gasteiger partial charge in [-0.3, -0.25) is 10.2 Å². The zero-order valence-electron chi connectivity index (χ0n) is 12.6. The van der Waals surface area contributed by atoms with Crippen LogP contribution in [0.15, 0.2) is 18.2 Å². The molecule has 2 heterocycles. The van der Waals surface area contributed by atoms with E-state index in [0.29, 0.717) is 27.8 Å². The second kappa shape index (κ2) is 4.89. The van der Waals surface area contributed by atoms with Crippen molar-refractivity contribution in [3.05, 3.63) is 29.6 Å². The topological polar surface area (TPSA) is 53.2 Å². The molecule has 3 fully saturated rings. The third kappa shape index (κ3) is 1.97. The molecular formula is C17H19FIN3O. The maximum atomic E-state index is 13.7. The molecule has 0 bridgehead atoms. The summed E-state index contributed by atoms with van der Waals surface area (Å²) in [6.07, 6.45) is 4.36. The predicted molar refractivity (Wildman–Crippen MR) is 93.5 cm³/mol. The van der Waals surface area contributed by atoms with Crippen molar-refractivity contribution in [2.45, 2.75) is 41.2 Å². The highest BCUT2D eigenvalue weighted by Crippen LogP contribution is 2.65. The summed E-state index contributed by atoms with van der Waals surface area (Å²) in [5.74, 6) is 1.43. The van der Waals surface area contributed by atoms with Crippen molar-refractivity contribution in [2.24, 2.45) is 17.8 Å². The number of nitrogens with one attached hydrogen (secondary N) is 3. The molecule has 5 rings (SSSR count). The molecular weight excluding hydrogens is 408 g/mol. The van der Waals surface area contributed by atoms with Gasteiger partial charge in [0.25, 0.3) is 0 Å². The predicted octanol–water partition coefficient (Wildman–Crippen LogP) is 2.69. The summed E-state index contributed by atoms with van der Waals surface area (Å²) in [5.41, 5.74) is 8.00. The second-order valence-electron chi connectivity index (χ2n) is 7.46. The molecule has 23 heavy (non-hydrogen) atoms. The van der Waals surface area contributed by atoms with Crippen molar-refractivity contribution in [3.8, 4) is 0 Å². The SMILES string of the molecule is O=C1Nc2ccc(F)cc2[C@]12CC2C1CCC2C(I)NNC2C1. The summed E-state index contributed by atoms with van der Waals surface area (Å²) in [4.78, 5) is 12.6. The van der Waals surface area contributed by atoms with E-state index in [1.54, 1.807) is 12.1 Å². The van der Waals surface area contributed by atoms with E-state index in [2.05, 4.69) is 38.8 Å². The molecule has 0 radical (unpaired) electrons. The first-order valence-corrected chi connectivity index (χ1v) is 9.61. The number of hydrazine groups is 1. The van der Waals surface area contributed by atoms with Crippen LogP contribution in [-0.4, -0.2) is 16.0 Å². The Hall–Kier alpha value is -0.730. The molecule has 0 aromatic heterocycles. The van der Waals surface area contributed by atoms with Gasteiger partial charge < -0.3 is 5.32 Å². The standard InChI is InChI=1S/C17H19FIN3O/c18-9-2-4-13-11(6-9)17(16(23)20-13)7-12(17)8-1-3-10-14(5-8)21-22-15(10)19/h2,4,6,8,10,12,14-15,21-22H,1,3,5,7H2,(H,20,23)/t8?,10?,12?,14?,15?,17-/m0/s1. The van der Waals surface area contributed by atoms with Gasteiger partial charge in [-0.2, -0.15) is 0 Å². The number of rotatable bonds is 1. The second-order valence-corrected chi connectivity index (χ2v) is 8.80. The van der Waals surface area contributed by atoms with Crippen molar-refractivity contribution in [2.75, 3.05) is 5.32 Å². The Morgan fingerprint density at radius 2 is 2.13 bits per heavy atom. The van der Waals surface area contributed by atoms with Gasteiger partial charge in [0.05, 0.1) is 9.46 Å². The first-order valence-electron chi connectivity index (χ1n) is 8.36. The van der Waals surface area contributed by atoms with Gasteiger partial charge in [-0.15, -0.1) is 0 Å². The molecule has 6 heteroatoms. The lowest BCUT2D eigenvalue weighted by molar-refractivity contribution is -0.118. The summed E-state index contributed by atoms with van der Waals surface area (Å²) in [6, 6.07) is 5.20. The molecule has 1 aromatic rings. The minimum Gasteiger partial charge on any atom is -0.325 e. The van der Waals surface area contributed by atoms with E-state index in [9.17, 15) is 9.18 Å². The van der Waals surface area contributed by atoms with Crippen LogP contribution in [0.4, 0.5) is 10.1 Å².